The Labute approximate surface area is 173 Å². The number of esters is 1. The van der Waals surface area contributed by atoms with Crippen molar-refractivity contribution in [2.24, 2.45) is 0 Å². The molecule has 1 aromatic heterocycles. The molecule has 0 saturated heterocycles. The van der Waals surface area contributed by atoms with Crippen LogP contribution >= 0.6 is 0 Å². The largest absolute Gasteiger partial charge is 0.478 e. The first-order valence-electron chi connectivity index (χ1n) is 9.12. The van der Waals surface area contributed by atoms with Crippen molar-refractivity contribution in [1.82, 2.24) is 15.0 Å². The van der Waals surface area contributed by atoms with Gasteiger partial charge >= 0.3 is 24.1 Å². The van der Waals surface area contributed by atoms with E-state index < -0.39 is 36.3 Å². The van der Waals surface area contributed by atoms with Crippen molar-refractivity contribution >= 4 is 29.5 Å². The molecule has 1 aliphatic carbocycles. The van der Waals surface area contributed by atoms with E-state index >= 15 is 0 Å². The van der Waals surface area contributed by atoms with Crippen LogP contribution in [0.1, 0.15) is 30.1 Å². The topological polar surface area (TPSA) is 136 Å². The predicted octanol–water partition coefficient (Wildman–Crippen LogP) is 2.76. The van der Waals surface area contributed by atoms with Crippen molar-refractivity contribution in [3.8, 4) is 6.01 Å². The van der Waals surface area contributed by atoms with Crippen molar-refractivity contribution in [3.05, 3.63) is 29.8 Å². The lowest BCUT2D eigenvalue weighted by atomic mass is 10.2. The lowest BCUT2D eigenvalue weighted by Crippen LogP contribution is -2.34. The number of carboxylic acid groups (broad SMARTS) is 1. The molecule has 3 rings (SSSR count). The van der Waals surface area contributed by atoms with Gasteiger partial charge in [-0.3, -0.25) is 0 Å². The van der Waals surface area contributed by atoms with Crippen molar-refractivity contribution in [2.75, 3.05) is 23.8 Å². The summed E-state index contributed by atoms with van der Waals surface area (Å²) in [6.07, 6.45) is -3.73. The van der Waals surface area contributed by atoms with Crippen molar-refractivity contribution in [2.45, 2.75) is 31.5 Å². The SMILES string of the molecule is CCOC(=O)C1(Nc2nc(Nc3ccc(C(=O)O)cc3)nc(OCC(F)(F)F)n2)CC1. The van der Waals surface area contributed by atoms with E-state index in [9.17, 15) is 22.8 Å². The molecule has 0 spiro atoms. The van der Waals surface area contributed by atoms with Crippen LogP contribution in [0.5, 0.6) is 6.01 Å². The van der Waals surface area contributed by atoms with Crippen LogP contribution in [0, 0.1) is 0 Å². The predicted molar refractivity (Wildman–Crippen MR) is 100 cm³/mol. The number of aromatic nitrogens is 3. The number of hydrogen-bond acceptors (Lipinski definition) is 9. The minimum absolute atomic E-state index is 0.0443. The smallest absolute Gasteiger partial charge is 0.422 e. The van der Waals surface area contributed by atoms with Gasteiger partial charge in [0.25, 0.3) is 0 Å². The van der Waals surface area contributed by atoms with E-state index in [1.165, 1.54) is 24.3 Å². The van der Waals surface area contributed by atoms with Crippen molar-refractivity contribution < 1.29 is 37.3 Å². The number of nitrogens with zero attached hydrogens (tertiary/aromatic N) is 3. The highest BCUT2D eigenvalue weighted by Crippen LogP contribution is 2.39. The summed E-state index contributed by atoms with van der Waals surface area (Å²) in [5.41, 5.74) is -0.641. The fourth-order valence-electron chi connectivity index (χ4n) is 2.49. The van der Waals surface area contributed by atoms with Crippen LogP contribution in [0.25, 0.3) is 0 Å². The Morgan fingerprint density at radius 3 is 2.32 bits per heavy atom. The van der Waals surface area contributed by atoms with Gasteiger partial charge < -0.3 is 25.2 Å². The number of halogens is 3. The average Bonchev–Trinajstić information content (AvgIpc) is 3.47. The Hall–Kier alpha value is -3.64. The number of ether oxygens (including phenoxy) is 2. The summed E-state index contributed by atoms with van der Waals surface area (Å²) in [5.74, 6) is -1.98. The second kappa shape index (κ2) is 8.62. The summed E-state index contributed by atoms with van der Waals surface area (Å²) in [6.45, 7) is 0.197. The molecule has 10 nitrogen and oxygen atoms in total. The molecule has 2 aromatic rings. The first-order chi connectivity index (χ1) is 14.6. The summed E-state index contributed by atoms with van der Waals surface area (Å²) >= 11 is 0. The van der Waals surface area contributed by atoms with E-state index in [2.05, 4.69) is 30.3 Å². The van der Waals surface area contributed by atoms with Crippen LogP contribution in [0.3, 0.4) is 0 Å². The molecule has 1 heterocycles. The summed E-state index contributed by atoms with van der Waals surface area (Å²) in [4.78, 5) is 34.7. The van der Waals surface area contributed by atoms with E-state index in [1.54, 1.807) is 6.92 Å². The Kier molecular flexibility index (Phi) is 6.13. The maximum atomic E-state index is 12.5. The molecule has 31 heavy (non-hydrogen) atoms. The lowest BCUT2D eigenvalue weighted by molar-refractivity contribution is -0.154. The van der Waals surface area contributed by atoms with Gasteiger partial charge in [0.05, 0.1) is 12.2 Å². The summed E-state index contributed by atoms with van der Waals surface area (Å²) in [6, 6.07) is 4.90. The molecule has 1 aromatic carbocycles. The third kappa shape index (κ3) is 5.93. The van der Waals surface area contributed by atoms with Crippen LogP contribution in [0.4, 0.5) is 30.8 Å². The highest BCUT2D eigenvalue weighted by molar-refractivity contribution is 5.88. The van der Waals surface area contributed by atoms with Crippen LogP contribution in [0.15, 0.2) is 24.3 Å². The molecule has 0 amide bonds. The number of aromatic carboxylic acids is 1. The fourth-order valence-corrected chi connectivity index (χ4v) is 2.49. The number of carbonyl (C=O) groups is 2. The van der Waals surface area contributed by atoms with E-state index in [4.69, 9.17) is 9.84 Å². The Morgan fingerprint density at radius 2 is 1.77 bits per heavy atom. The molecule has 0 aliphatic heterocycles. The second-order valence-electron chi connectivity index (χ2n) is 6.60. The molecule has 1 aliphatic rings. The van der Waals surface area contributed by atoms with Gasteiger partial charge in [-0.1, -0.05) is 0 Å². The number of hydrogen-bond donors (Lipinski definition) is 3. The molecule has 1 fully saturated rings. The number of carboxylic acids is 1. The van der Waals surface area contributed by atoms with Gasteiger partial charge in [0.2, 0.25) is 11.9 Å². The van der Waals surface area contributed by atoms with E-state index in [-0.39, 0.29) is 24.1 Å². The zero-order chi connectivity index (χ0) is 22.6. The second-order valence-corrected chi connectivity index (χ2v) is 6.60. The number of carbonyl (C=O) groups excluding carboxylic acids is 1. The standard InChI is InChI=1S/C18H18F3N5O5/c1-2-30-13(29)17(7-8-17)26-15-23-14(24-16(25-15)31-9-18(19,20)21)22-11-5-3-10(4-6-11)12(27)28/h3-6H,2,7-9H2,1H3,(H,27,28)(H2,22,23,24,25,26). The van der Waals surface area contributed by atoms with E-state index in [0.717, 1.165) is 0 Å². The third-order valence-electron chi connectivity index (χ3n) is 4.14. The van der Waals surface area contributed by atoms with Crippen LogP contribution in [-0.4, -0.2) is 56.9 Å². The molecule has 166 valence electrons. The van der Waals surface area contributed by atoms with Gasteiger partial charge in [0.15, 0.2) is 6.61 Å². The third-order valence-corrected chi connectivity index (χ3v) is 4.14. The van der Waals surface area contributed by atoms with Crippen molar-refractivity contribution in [1.29, 1.82) is 0 Å². The Morgan fingerprint density at radius 1 is 1.13 bits per heavy atom. The van der Waals surface area contributed by atoms with Gasteiger partial charge in [0.1, 0.15) is 5.54 Å². The fraction of sp³-hybridized carbons (Fsp3) is 0.389. The van der Waals surface area contributed by atoms with Gasteiger partial charge in [-0.2, -0.15) is 28.1 Å². The maximum Gasteiger partial charge on any atom is 0.422 e. The van der Waals surface area contributed by atoms with Crippen LogP contribution < -0.4 is 15.4 Å². The quantitative estimate of drug-likeness (QED) is 0.498. The zero-order valence-electron chi connectivity index (χ0n) is 16.2. The first-order valence-corrected chi connectivity index (χ1v) is 9.12. The number of alkyl halides is 3. The number of nitrogens with one attached hydrogen (secondary N) is 2. The Balaban J connectivity index is 1.84. The normalized spacial score (nSPS) is 14.5. The van der Waals surface area contributed by atoms with Gasteiger partial charge in [-0.05, 0) is 44.0 Å². The maximum absolute atomic E-state index is 12.5. The monoisotopic (exact) mass is 441 g/mol. The molecular formula is C18H18F3N5O5. The molecular weight excluding hydrogens is 423 g/mol. The summed E-state index contributed by atoms with van der Waals surface area (Å²) in [5, 5.41) is 14.5. The highest BCUT2D eigenvalue weighted by Gasteiger charge is 2.52. The molecule has 0 unspecified atom stereocenters. The molecule has 3 N–H and O–H groups in total. The minimum atomic E-state index is -4.61. The molecule has 0 radical (unpaired) electrons. The number of benzene rings is 1. The van der Waals surface area contributed by atoms with Crippen molar-refractivity contribution in [3.63, 3.8) is 0 Å². The first kappa shape index (κ1) is 22.1. The van der Waals surface area contributed by atoms with Gasteiger partial charge in [-0.15, -0.1) is 0 Å². The average molecular weight is 441 g/mol. The zero-order valence-corrected chi connectivity index (χ0v) is 16.2. The molecule has 0 bridgehead atoms. The summed E-state index contributed by atoms with van der Waals surface area (Å²) in [7, 11) is 0. The van der Waals surface area contributed by atoms with Gasteiger partial charge in [-0.25, -0.2) is 9.59 Å². The lowest BCUT2D eigenvalue weighted by Gasteiger charge is -2.17. The molecule has 0 atom stereocenters. The minimum Gasteiger partial charge on any atom is -0.478 e. The van der Waals surface area contributed by atoms with Crippen LogP contribution in [-0.2, 0) is 9.53 Å². The number of anilines is 3. The van der Waals surface area contributed by atoms with E-state index in [0.29, 0.717) is 18.5 Å². The molecule has 1 saturated carbocycles. The van der Waals surface area contributed by atoms with Gasteiger partial charge in [0, 0.05) is 5.69 Å². The summed E-state index contributed by atoms with van der Waals surface area (Å²) < 4.78 is 47.2. The number of rotatable bonds is 9. The molecule has 13 heteroatoms. The van der Waals surface area contributed by atoms with Crippen LogP contribution in [0.2, 0.25) is 0 Å². The highest BCUT2D eigenvalue weighted by atomic mass is 19.4. The van der Waals surface area contributed by atoms with E-state index in [1.807, 2.05) is 0 Å². The Bertz CT molecular complexity index is 964.